The Kier molecular flexibility index (Phi) is 4.21. The molecule has 2 nitrogen and oxygen atoms in total. The summed E-state index contributed by atoms with van der Waals surface area (Å²) in [6, 6.07) is 0. The van der Waals surface area contributed by atoms with E-state index in [0.717, 1.165) is 23.5 Å². The van der Waals surface area contributed by atoms with E-state index in [4.69, 9.17) is 9.47 Å². The summed E-state index contributed by atoms with van der Waals surface area (Å²) in [5, 5.41) is 0.0300. The number of rotatable bonds is 3. The summed E-state index contributed by atoms with van der Waals surface area (Å²) in [6.45, 7) is 10.8. The van der Waals surface area contributed by atoms with E-state index in [2.05, 4.69) is 25.4 Å². The molecule has 18 heavy (non-hydrogen) atoms. The largest absolute Gasteiger partial charge is 0.377 e. The van der Waals surface area contributed by atoms with Gasteiger partial charge in [0.1, 0.15) is 8.07 Å². The Balaban J connectivity index is 2.37. The summed E-state index contributed by atoms with van der Waals surface area (Å²) < 4.78 is 12.8. The van der Waals surface area contributed by atoms with E-state index in [-0.39, 0.29) is 10.4 Å². The van der Waals surface area contributed by atoms with Gasteiger partial charge in [0.15, 0.2) is 0 Å². The van der Waals surface area contributed by atoms with Crippen LogP contribution in [0.3, 0.4) is 0 Å². The van der Waals surface area contributed by atoms with Gasteiger partial charge in [-0.1, -0.05) is 18.8 Å². The summed E-state index contributed by atoms with van der Waals surface area (Å²) in [5.41, 5.74) is 2.22. The van der Waals surface area contributed by atoms with Crippen molar-refractivity contribution in [1.29, 1.82) is 0 Å². The molecule has 2 fully saturated rings. The molecule has 0 aromatic rings. The fraction of sp³-hybridized carbons (Fsp3) is 0.857. The zero-order valence-corrected chi connectivity index (χ0v) is 15.3. The van der Waals surface area contributed by atoms with Gasteiger partial charge in [-0.3, -0.25) is 0 Å². The summed E-state index contributed by atoms with van der Waals surface area (Å²) in [7, 11) is -0.565. The molecule has 0 radical (unpaired) electrons. The topological polar surface area (TPSA) is 18.5 Å². The monoisotopic (exact) mass is 284 g/mol. The third kappa shape index (κ3) is 2.17. The lowest BCUT2D eigenvalue weighted by Gasteiger charge is -2.57. The third-order valence-corrected chi connectivity index (χ3v) is 11.3. The minimum absolute atomic E-state index is 0.00730. The van der Waals surface area contributed by atoms with E-state index in [1.54, 1.807) is 0 Å². The average molecular weight is 285 g/mol. The van der Waals surface area contributed by atoms with Crippen molar-refractivity contribution >= 4 is 18.3 Å². The molecule has 0 bridgehead atoms. The van der Waals surface area contributed by atoms with E-state index < -0.39 is 8.07 Å². The smallest absolute Gasteiger partial charge is 0.111 e. The maximum atomic E-state index is 6.46. The van der Waals surface area contributed by atoms with Gasteiger partial charge in [-0.15, -0.1) is 6.58 Å². The van der Waals surface area contributed by atoms with Crippen molar-refractivity contribution in [3.63, 3.8) is 0 Å². The van der Waals surface area contributed by atoms with Crippen LogP contribution in [0.1, 0.15) is 38.5 Å². The van der Waals surface area contributed by atoms with Gasteiger partial charge < -0.3 is 9.47 Å². The zero-order valence-electron chi connectivity index (χ0n) is 12.3. The highest BCUT2D eigenvalue weighted by Crippen LogP contribution is 2.46. The fourth-order valence-corrected chi connectivity index (χ4v) is 9.89. The summed E-state index contributed by atoms with van der Waals surface area (Å²) in [4.78, 5) is 0. The quantitative estimate of drug-likeness (QED) is 0.740. The van der Waals surface area contributed by atoms with Crippen molar-refractivity contribution in [1.82, 2.24) is 0 Å². The van der Waals surface area contributed by atoms with Crippen LogP contribution in [0.25, 0.3) is 0 Å². The van der Waals surface area contributed by atoms with Crippen molar-refractivity contribution in [3.05, 3.63) is 12.3 Å². The molecular formula is C14H28O2Si2. The molecule has 0 aromatic carbocycles. The lowest BCUT2D eigenvalue weighted by atomic mass is 9.96. The Hall–Kier alpha value is 0.0938. The molecule has 0 aliphatic carbocycles. The van der Waals surface area contributed by atoms with Gasteiger partial charge in [0, 0.05) is 23.5 Å². The van der Waals surface area contributed by atoms with E-state index in [1.165, 1.54) is 38.5 Å². The van der Waals surface area contributed by atoms with Gasteiger partial charge in [0.05, 0.1) is 10.4 Å². The summed E-state index contributed by atoms with van der Waals surface area (Å²) in [5.74, 6) is 0. The molecule has 0 N–H and O–H groups in total. The van der Waals surface area contributed by atoms with E-state index >= 15 is 0 Å². The molecule has 0 saturated carbocycles. The normalized spacial score (nSPS) is 38.6. The fourth-order valence-electron chi connectivity index (χ4n) is 3.82. The van der Waals surface area contributed by atoms with Crippen LogP contribution < -0.4 is 0 Å². The molecule has 2 aliphatic rings. The Morgan fingerprint density at radius 3 is 2.11 bits per heavy atom. The van der Waals surface area contributed by atoms with Crippen LogP contribution >= 0.6 is 0 Å². The molecule has 2 unspecified atom stereocenters. The highest BCUT2D eigenvalue weighted by atomic mass is 28.3. The second-order valence-electron chi connectivity index (χ2n) is 6.59. The second kappa shape index (κ2) is 5.23. The van der Waals surface area contributed by atoms with Gasteiger partial charge >= 0.3 is 0 Å². The first-order valence-corrected chi connectivity index (χ1v) is 11.5. The van der Waals surface area contributed by atoms with Crippen LogP contribution in [0.2, 0.25) is 13.1 Å². The molecule has 2 aliphatic heterocycles. The highest BCUT2D eigenvalue weighted by Gasteiger charge is 2.59. The minimum atomic E-state index is -1.64. The lowest BCUT2D eigenvalue weighted by molar-refractivity contribution is -0.162. The first kappa shape index (κ1) is 14.5. The Morgan fingerprint density at radius 2 is 1.67 bits per heavy atom. The Bertz CT molecular complexity index is 303. The van der Waals surface area contributed by atoms with Crippen LogP contribution in [0.5, 0.6) is 0 Å². The van der Waals surface area contributed by atoms with Crippen LogP contribution in [0.15, 0.2) is 12.3 Å². The van der Waals surface area contributed by atoms with Crippen LogP contribution in [-0.2, 0) is 9.47 Å². The Morgan fingerprint density at radius 1 is 1.06 bits per heavy atom. The third-order valence-electron chi connectivity index (χ3n) is 5.15. The SMILES string of the molecule is C=C[Si](C)(C)C1(C2([SiH3])CCCCO2)CCCCO1. The van der Waals surface area contributed by atoms with E-state index in [9.17, 15) is 0 Å². The predicted octanol–water partition coefficient (Wildman–Crippen LogP) is 2.16. The van der Waals surface area contributed by atoms with Crippen LogP contribution in [0.4, 0.5) is 0 Å². The molecule has 0 amide bonds. The molecule has 2 atom stereocenters. The minimum Gasteiger partial charge on any atom is -0.377 e. The lowest BCUT2D eigenvalue weighted by Crippen LogP contribution is -2.72. The average Bonchev–Trinajstić information content (AvgIpc) is 2.40. The molecule has 104 valence electrons. The van der Waals surface area contributed by atoms with Gasteiger partial charge in [-0.2, -0.15) is 0 Å². The Labute approximate surface area is 116 Å². The van der Waals surface area contributed by atoms with Gasteiger partial charge in [0.2, 0.25) is 0 Å². The van der Waals surface area contributed by atoms with E-state index in [0.29, 0.717) is 0 Å². The highest BCUT2D eigenvalue weighted by molar-refractivity contribution is 6.85. The molecule has 2 heterocycles. The first-order valence-electron chi connectivity index (χ1n) is 7.39. The van der Waals surface area contributed by atoms with Crippen molar-refractivity contribution < 1.29 is 9.47 Å². The van der Waals surface area contributed by atoms with Gasteiger partial charge in [-0.25, -0.2) is 0 Å². The first-order chi connectivity index (χ1) is 8.47. The molecular weight excluding hydrogens is 256 g/mol. The molecule has 0 aromatic heterocycles. The maximum Gasteiger partial charge on any atom is 0.111 e. The zero-order chi connectivity index (χ0) is 13.3. The number of hydrogen-bond donors (Lipinski definition) is 0. The summed E-state index contributed by atoms with van der Waals surface area (Å²) in [6.07, 6.45) is 7.40. The second-order valence-corrected chi connectivity index (χ2v) is 12.9. The van der Waals surface area contributed by atoms with Crippen LogP contribution in [0, 0.1) is 0 Å². The molecule has 4 heteroatoms. The van der Waals surface area contributed by atoms with Gasteiger partial charge in [0.25, 0.3) is 0 Å². The van der Waals surface area contributed by atoms with Crippen LogP contribution in [-0.4, -0.2) is 42.0 Å². The predicted molar refractivity (Wildman–Crippen MR) is 82.7 cm³/mol. The number of hydrogen-bond acceptors (Lipinski definition) is 2. The van der Waals surface area contributed by atoms with Crippen molar-refractivity contribution in [2.24, 2.45) is 0 Å². The van der Waals surface area contributed by atoms with E-state index in [1.807, 2.05) is 0 Å². The molecule has 2 rings (SSSR count). The van der Waals surface area contributed by atoms with Gasteiger partial charge in [-0.05, 0) is 38.5 Å². The molecule has 2 saturated heterocycles. The van der Waals surface area contributed by atoms with Crippen molar-refractivity contribution in [2.75, 3.05) is 13.2 Å². The maximum absolute atomic E-state index is 6.46. The number of ether oxygens (including phenoxy) is 2. The molecule has 0 spiro atoms. The van der Waals surface area contributed by atoms with Crippen molar-refractivity contribution in [3.8, 4) is 0 Å². The van der Waals surface area contributed by atoms with Crippen molar-refractivity contribution in [2.45, 2.75) is 62.1 Å². The summed E-state index contributed by atoms with van der Waals surface area (Å²) >= 11 is 0. The standard InChI is InChI=1S/C14H28O2Si2/c1-4-18(2,3)14(10-6-8-12-16-14)13(17)9-5-7-11-15-13/h4H,1,5-12H2,2-3,17H3.